The highest BCUT2D eigenvalue weighted by atomic mass is 16.7. The number of carbonyl (C=O) groups is 4. The molecule has 11 nitrogen and oxygen atoms in total. The van der Waals surface area contributed by atoms with Gasteiger partial charge in [-0.15, -0.1) is 0 Å². The Morgan fingerprint density at radius 1 is 0.432 bits per heavy atom. The molecule has 74 heavy (non-hydrogen) atoms. The highest BCUT2D eigenvalue weighted by Crippen LogP contribution is 2.18. The van der Waals surface area contributed by atoms with E-state index in [0.29, 0.717) is 12.8 Å². The van der Waals surface area contributed by atoms with Crippen LogP contribution in [0.15, 0.2) is 61.0 Å². The molecular formula is C63H110N2O9. The molecule has 0 radical (unpaired) electrons. The van der Waals surface area contributed by atoms with Gasteiger partial charge in [-0.3, -0.25) is 14.4 Å². The summed E-state index contributed by atoms with van der Waals surface area (Å²) >= 11 is 0. The van der Waals surface area contributed by atoms with Crippen LogP contribution in [0.4, 0.5) is 4.79 Å². The molecule has 0 amide bonds. The van der Waals surface area contributed by atoms with Crippen molar-refractivity contribution in [1.82, 2.24) is 9.80 Å². The van der Waals surface area contributed by atoms with E-state index in [4.69, 9.17) is 23.7 Å². The van der Waals surface area contributed by atoms with Crippen LogP contribution in [0.1, 0.15) is 265 Å². The fraction of sp³-hybridized carbons (Fsp3) is 0.778. The minimum absolute atomic E-state index is 0.0131. The lowest BCUT2D eigenvalue weighted by atomic mass is 10.0. The summed E-state index contributed by atoms with van der Waals surface area (Å²) in [6, 6.07) is 0. The smallest absolute Gasteiger partial charge is 0.462 e. The molecule has 1 atom stereocenters. The number of hydrogen-bond acceptors (Lipinski definition) is 11. The second-order valence-corrected chi connectivity index (χ2v) is 20.6. The third kappa shape index (κ3) is 46.5. The Bertz CT molecular complexity index is 1430. The Balaban J connectivity index is 2.66. The summed E-state index contributed by atoms with van der Waals surface area (Å²) in [6.45, 7) is 8.11. The van der Waals surface area contributed by atoms with Crippen molar-refractivity contribution in [3.05, 3.63) is 61.0 Å². The fourth-order valence-electron chi connectivity index (χ4n) is 8.77. The summed E-state index contributed by atoms with van der Waals surface area (Å²) in [4.78, 5) is 56.2. The number of carbonyl (C=O) groups excluding carboxylic acids is 4. The molecule has 1 unspecified atom stereocenters. The van der Waals surface area contributed by atoms with Gasteiger partial charge in [0.25, 0.3) is 0 Å². The maximum Gasteiger partial charge on any atom is 0.508 e. The van der Waals surface area contributed by atoms with Crippen LogP contribution in [0.2, 0.25) is 0 Å². The van der Waals surface area contributed by atoms with Crippen LogP contribution in [0.5, 0.6) is 0 Å². The molecule has 0 saturated carbocycles. The van der Waals surface area contributed by atoms with Gasteiger partial charge in [-0.05, 0) is 103 Å². The molecule has 0 aromatic heterocycles. The van der Waals surface area contributed by atoms with Crippen molar-refractivity contribution in [3.8, 4) is 0 Å². The van der Waals surface area contributed by atoms with Crippen LogP contribution >= 0.6 is 0 Å². The quantitative estimate of drug-likeness (QED) is 0.0251. The number of allylic oxidation sites excluding steroid dienone is 8. The van der Waals surface area contributed by atoms with Crippen molar-refractivity contribution < 1.29 is 42.9 Å². The van der Waals surface area contributed by atoms with Gasteiger partial charge in [0.1, 0.15) is 19.3 Å². The van der Waals surface area contributed by atoms with Crippen molar-refractivity contribution in [2.75, 3.05) is 40.1 Å². The largest absolute Gasteiger partial charge is 0.508 e. The van der Waals surface area contributed by atoms with Gasteiger partial charge in [-0.2, -0.15) is 0 Å². The van der Waals surface area contributed by atoms with Gasteiger partial charge in [0, 0.05) is 45.3 Å². The van der Waals surface area contributed by atoms with Crippen molar-refractivity contribution in [1.29, 1.82) is 0 Å². The highest BCUT2D eigenvalue weighted by molar-refractivity contribution is 5.71. The Kier molecular flexibility index (Phi) is 48.2. The van der Waals surface area contributed by atoms with E-state index in [1.807, 2.05) is 19.4 Å². The van der Waals surface area contributed by atoms with E-state index in [2.05, 4.69) is 79.2 Å². The Morgan fingerprint density at radius 3 is 1.34 bits per heavy atom. The third-order valence-corrected chi connectivity index (χ3v) is 13.4. The zero-order chi connectivity index (χ0) is 53.6. The number of rotatable bonds is 52. The van der Waals surface area contributed by atoms with Crippen LogP contribution in [0, 0.1) is 0 Å². The van der Waals surface area contributed by atoms with Gasteiger partial charge in [0.2, 0.25) is 0 Å². The van der Waals surface area contributed by atoms with Crippen LogP contribution in [-0.4, -0.2) is 86.2 Å². The zero-order valence-electron chi connectivity index (χ0n) is 47.9. The lowest BCUT2D eigenvalue weighted by Crippen LogP contribution is -2.31. The number of hydrogen-bond donors (Lipinski definition) is 0. The molecule has 0 bridgehead atoms. The zero-order valence-corrected chi connectivity index (χ0v) is 47.9. The molecule has 0 aliphatic carbocycles. The maximum atomic E-state index is 13.4. The van der Waals surface area contributed by atoms with Crippen molar-refractivity contribution >= 4 is 24.1 Å². The monoisotopic (exact) mass is 1040 g/mol. The topological polar surface area (TPSA) is 121 Å². The van der Waals surface area contributed by atoms with E-state index in [-0.39, 0.29) is 57.4 Å². The summed E-state index contributed by atoms with van der Waals surface area (Å²) < 4.78 is 28.3. The molecule has 0 N–H and O–H groups in total. The van der Waals surface area contributed by atoms with Gasteiger partial charge in [-0.1, -0.05) is 191 Å². The standard InChI is InChI=1S/C63H110N2O9/c1-5-8-11-14-17-20-23-25-27-29-31-34-37-40-43-47-60(66)71-55-59(56-72-61(67)48-44-41-38-35-32-30-28-26-24-21-18-15-12-9-6-2)73-62(68)50-49-58(46-42-39-36-33-22-19-16-13-10-7-3)74-63(69)70-54-45-51-65-53-52-64(4)57-65/h17-18,20-21,25-28,52-53,58-59H,5-16,19,22-24,29-51,54-57H2,1-4H3/b20-17-,21-18-,27-25-,28-26-. The molecular weight excluding hydrogens is 929 g/mol. The highest BCUT2D eigenvalue weighted by Gasteiger charge is 2.23. The van der Waals surface area contributed by atoms with Gasteiger partial charge >= 0.3 is 24.1 Å². The molecule has 1 aliphatic rings. The SMILES string of the molecule is CCCCC/C=C\C/C=C\CCCCCCCC(=O)OCC(COC(=O)CCCCCCC/C=C\C/C=C\CCCCC)OC(=O)CCC(CCCCCCCCCCCC)OC(=O)OCCCN1C=CN(C)C1. The Labute approximate surface area is 453 Å². The Hall–Kier alpha value is -4.02. The van der Waals surface area contributed by atoms with Crippen LogP contribution < -0.4 is 0 Å². The van der Waals surface area contributed by atoms with Gasteiger partial charge in [-0.25, -0.2) is 4.79 Å². The van der Waals surface area contributed by atoms with Gasteiger partial charge in [0.05, 0.1) is 13.3 Å². The van der Waals surface area contributed by atoms with Crippen molar-refractivity contribution in [2.24, 2.45) is 0 Å². The van der Waals surface area contributed by atoms with E-state index in [9.17, 15) is 19.2 Å². The minimum atomic E-state index is -0.943. The van der Waals surface area contributed by atoms with E-state index in [0.717, 1.165) is 122 Å². The number of esters is 3. The number of unbranched alkanes of at least 4 members (excludes halogenated alkanes) is 25. The first-order chi connectivity index (χ1) is 36.3. The normalized spacial score (nSPS) is 13.1. The minimum Gasteiger partial charge on any atom is -0.462 e. The summed E-state index contributed by atoms with van der Waals surface area (Å²) in [5.74, 6) is -1.25. The average molecular weight is 1040 g/mol. The van der Waals surface area contributed by atoms with E-state index >= 15 is 0 Å². The predicted molar refractivity (Wildman–Crippen MR) is 306 cm³/mol. The Morgan fingerprint density at radius 2 is 0.865 bits per heavy atom. The van der Waals surface area contributed by atoms with Crippen molar-refractivity contribution in [3.63, 3.8) is 0 Å². The number of ether oxygens (including phenoxy) is 5. The number of nitrogens with zero attached hydrogens (tertiary/aromatic N) is 2. The van der Waals surface area contributed by atoms with Crippen LogP contribution in [-0.2, 0) is 38.1 Å². The van der Waals surface area contributed by atoms with Crippen LogP contribution in [0.25, 0.3) is 0 Å². The lowest BCUT2D eigenvalue weighted by Gasteiger charge is -2.20. The summed E-state index contributed by atoms with van der Waals surface area (Å²) in [6.07, 6.45) is 58.0. The molecule has 0 saturated heterocycles. The van der Waals surface area contributed by atoms with E-state index in [1.165, 1.54) is 96.3 Å². The third-order valence-electron chi connectivity index (χ3n) is 13.4. The van der Waals surface area contributed by atoms with Crippen molar-refractivity contribution in [2.45, 2.75) is 277 Å². The molecule has 1 heterocycles. The van der Waals surface area contributed by atoms with Gasteiger partial charge < -0.3 is 33.5 Å². The maximum absolute atomic E-state index is 13.4. The first-order valence-corrected chi connectivity index (χ1v) is 30.3. The molecule has 1 rings (SSSR count). The average Bonchev–Trinajstić information content (AvgIpc) is 3.82. The van der Waals surface area contributed by atoms with Gasteiger partial charge in [0.15, 0.2) is 6.10 Å². The first-order valence-electron chi connectivity index (χ1n) is 30.3. The lowest BCUT2D eigenvalue weighted by molar-refractivity contribution is -0.167. The summed E-state index contributed by atoms with van der Waals surface area (Å²) in [5.41, 5.74) is 0. The molecule has 0 aromatic rings. The summed E-state index contributed by atoms with van der Waals surface area (Å²) in [5, 5.41) is 0. The van der Waals surface area contributed by atoms with E-state index < -0.39 is 24.3 Å². The second kappa shape index (κ2) is 52.4. The molecule has 0 spiro atoms. The predicted octanol–water partition coefficient (Wildman–Crippen LogP) is 17.3. The van der Waals surface area contributed by atoms with E-state index in [1.54, 1.807) is 0 Å². The van der Waals surface area contributed by atoms with Crippen LogP contribution in [0.3, 0.4) is 0 Å². The molecule has 1 aliphatic heterocycles. The molecule has 0 aromatic carbocycles. The molecule has 0 fully saturated rings. The summed E-state index contributed by atoms with van der Waals surface area (Å²) in [7, 11) is 2.01. The first kappa shape index (κ1) is 68.0. The molecule has 426 valence electrons. The molecule has 11 heteroatoms. The fourth-order valence-corrected chi connectivity index (χ4v) is 8.77. The second-order valence-electron chi connectivity index (χ2n) is 20.6.